The summed E-state index contributed by atoms with van der Waals surface area (Å²) in [5.74, 6) is -1.40. The Morgan fingerprint density at radius 3 is 2.75 bits per heavy atom. The molecule has 0 amide bonds. The lowest BCUT2D eigenvalue weighted by atomic mass is 9.97. The SMILES string of the molecule is COc1cccc(F)c1CN1CCC[C@@H](C(F)(F)F)C1. The van der Waals surface area contributed by atoms with Crippen molar-refractivity contribution in [1.82, 2.24) is 4.90 Å². The smallest absolute Gasteiger partial charge is 0.393 e. The van der Waals surface area contributed by atoms with Crippen molar-refractivity contribution in [2.45, 2.75) is 25.6 Å². The second-order valence-corrected chi connectivity index (χ2v) is 5.04. The van der Waals surface area contributed by atoms with Crippen molar-refractivity contribution in [3.8, 4) is 5.75 Å². The van der Waals surface area contributed by atoms with Crippen LogP contribution in [0.25, 0.3) is 0 Å². The Hall–Kier alpha value is -1.30. The summed E-state index contributed by atoms with van der Waals surface area (Å²) in [6.07, 6.45) is -3.56. The molecular weight excluding hydrogens is 274 g/mol. The van der Waals surface area contributed by atoms with Crippen LogP contribution in [0.5, 0.6) is 5.75 Å². The number of rotatable bonds is 3. The largest absolute Gasteiger partial charge is 0.496 e. The molecule has 112 valence electrons. The van der Waals surface area contributed by atoms with Crippen molar-refractivity contribution >= 4 is 0 Å². The van der Waals surface area contributed by atoms with Crippen molar-refractivity contribution in [2.24, 2.45) is 5.92 Å². The standard InChI is InChI=1S/C14H17F4NO/c1-20-13-6-2-5-12(15)11(13)9-19-7-3-4-10(8-19)14(16,17)18/h2,5-6,10H,3-4,7-9H2,1H3/t10-/m1/s1. The molecule has 0 bridgehead atoms. The highest BCUT2D eigenvalue weighted by Crippen LogP contribution is 2.34. The number of halogens is 4. The van der Waals surface area contributed by atoms with E-state index in [1.165, 1.54) is 19.2 Å². The number of hydrogen-bond acceptors (Lipinski definition) is 2. The highest BCUT2D eigenvalue weighted by atomic mass is 19.4. The number of alkyl halides is 3. The minimum absolute atomic E-state index is 0.0824. The van der Waals surface area contributed by atoms with Gasteiger partial charge in [0.05, 0.1) is 13.0 Å². The minimum atomic E-state index is -4.18. The van der Waals surface area contributed by atoms with E-state index >= 15 is 0 Å². The molecule has 1 aromatic carbocycles. The first-order chi connectivity index (χ1) is 9.41. The first-order valence-electron chi connectivity index (χ1n) is 6.52. The van der Waals surface area contributed by atoms with Gasteiger partial charge in [0.25, 0.3) is 0 Å². The molecule has 2 nitrogen and oxygen atoms in total. The van der Waals surface area contributed by atoms with Crippen LogP contribution in [0.3, 0.4) is 0 Å². The number of methoxy groups -OCH3 is 1. The molecule has 1 aliphatic rings. The van der Waals surface area contributed by atoms with E-state index < -0.39 is 17.9 Å². The molecule has 1 aromatic rings. The summed E-state index contributed by atoms with van der Waals surface area (Å²) in [5.41, 5.74) is 0.317. The third-order valence-corrected chi connectivity index (χ3v) is 3.65. The van der Waals surface area contributed by atoms with Gasteiger partial charge < -0.3 is 4.74 Å². The van der Waals surface area contributed by atoms with Gasteiger partial charge in [-0.3, -0.25) is 4.90 Å². The van der Waals surface area contributed by atoms with Gasteiger partial charge in [0, 0.05) is 18.7 Å². The van der Waals surface area contributed by atoms with Gasteiger partial charge in [-0.05, 0) is 31.5 Å². The van der Waals surface area contributed by atoms with Crippen LogP contribution in [0.15, 0.2) is 18.2 Å². The summed E-state index contributed by atoms with van der Waals surface area (Å²) >= 11 is 0. The van der Waals surface area contributed by atoms with Crippen LogP contribution >= 0.6 is 0 Å². The average Bonchev–Trinajstić information content (AvgIpc) is 2.40. The normalized spacial score (nSPS) is 20.9. The summed E-state index contributed by atoms with van der Waals surface area (Å²) in [7, 11) is 1.42. The van der Waals surface area contributed by atoms with Crippen LogP contribution in [-0.4, -0.2) is 31.3 Å². The maximum atomic E-state index is 13.8. The summed E-state index contributed by atoms with van der Waals surface area (Å²) < 4.78 is 57.1. The van der Waals surface area contributed by atoms with E-state index in [-0.39, 0.29) is 19.5 Å². The van der Waals surface area contributed by atoms with E-state index in [1.54, 1.807) is 11.0 Å². The van der Waals surface area contributed by atoms with Gasteiger partial charge >= 0.3 is 6.18 Å². The molecule has 0 saturated carbocycles. The van der Waals surface area contributed by atoms with E-state index in [1.807, 2.05) is 0 Å². The molecule has 0 spiro atoms. The Kier molecular flexibility index (Phi) is 4.52. The lowest BCUT2D eigenvalue weighted by Gasteiger charge is -2.34. The van der Waals surface area contributed by atoms with Crippen LogP contribution in [0.4, 0.5) is 17.6 Å². The van der Waals surface area contributed by atoms with E-state index in [9.17, 15) is 17.6 Å². The first kappa shape index (κ1) is 15.1. The maximum absolute atomic E-state index is 13.8. The zero-order valence-corrected chi connectivity index (χ0v) is 11.2. The zero-order valence-electron chi connectivity index (χ0n) is 11.2. The molecule has 1 atom stereocenters. The summed E-state index contributed by atoms with van der Waals surface area (Å²) in [6, 6.07) is 4.43. The topological polar surface area (TPSA) is 12.5 Å². The molecule has 0 aromatic heterocycles. The quantitative estimate of drug-likeness (QED) is 0.789. The summed E-state index contributed by atoms with van der Waals surface area (Å²) in [5, 5.41) is 0. The molecule has 0 N–H and O–H groups in total. The molecule has 1 saturated heterocycles. The van der Waals surface area contributed by atoms with Crippen molar-refractivity contribution in [2.75, 3.05) is 20.2 Å². The van der Waals surface area contributed by atoms with E-state index in [2.05, 4.69) is 0 Å². The van der Waals surface area contributed by atoms with Gasteiger partial charge in [-0.1, -0.05) is 6.07 Å². The summed E-state index contributed by atoms with van der Waals surface area (Å²) in [4.78, 5) is 1.64. The van der Waals surface area contributed by atoms with Gasteiger partial charge in [-0.2, -0.15) is 13.2 Å². The van der Waals surface area contributed by atoms with Gasteiger partial charge in [0.1, 0.15) is 11.6 Å². The third kappa shape index (κ3) is 3.42. The monoisotopic (exact) mass is 291 g/mol. The van der Waals surface area contributed by atoms with Gasteiger partial charge in [-0.25, -0.2) is 4.39 Å². The van der Waals surface area contributed by atoms with Crippen LogP contribution in [0, 0.1) is 11.7 Å². The molecule has 1 fully saturated rings. The number of nitrogens with zero attached hydrogens (tertiary/aromatic N) is 1. The Bertz CT molecular complexity index is 461. The van der Waals surface area contributed by atoms with Crippen molar-refractivity contribution in [1.29, 1.82) is 0 Å². The first-order valence-corrected chi connectivity index (χ1v) is 6.52. The molecule has 20 heavy (non-hydrogen) atoms. The van der Waals surface area contributed by atoms with Gasteiger partial charge in [-0.15, -0.1) is 0 Å². The molecule has 2 rings (SSSR count). The van der Waals surface area contributed by atoms with Crippen LogP contribution in [-0.2, 0) is 6.54 Å². The fraction of sp³-hybridized carbons (Fsp3) is 0.571. The molecule has 0 radical (unpaired) electrons. The molecule has 6 heteroatoms. The summed E-state index contributed by atoms with van der Waals surface area (Å²) in [6.45, 7) is 0.605. The van der Waals surface area contributed by atoms with E-state index in [4.69, 9.17) is 4.74 Å². The lowest BCUT2D eigenvalue weighted by Crippen LogP contribution is -2.41. The highest BCUT2D eigenvalue weighted by molar-refractivity contribution is 5.34. The van der Waals surface area contributed by atoms with Gasteiger partial charge in [0.15, 0.2) is 0 Å². The minimum Gasteiger partial charge on any atom is -0.496 e. The van der Waals surface area contributed by atoms with Crippen LogP contribution in [0.2, 0.25) is 0 Å². The molecule has 0 unspecified atom stereocenters. The van der Waals surface area contributed by atoms with E-state index in [0.717, 1.165) is 0 Å². The molecular formula is C14H17F4NO. The van der Waals surface area contributed by atoms with Crippen molar-refractivity contribution in [3.63, 3.8) is 0 Å². The highest BCUT2D eigenvalue weighted by Gasteiger charge is 2.41. The fourth-order valence-electron chi connectivity index (χ4n) is 2.57. The predicted octanol–water partition coefficient (Wildman–Crippen LogP) is 3.61. The number of benzene rings is 1. The number of ether oxygens (including phenoxy) is 1. The number of piperidine rings is 1. The maximum Gasteiger partial charge on any atom is 0.393 e. The second kappa shape index (κ2) is 5.99. The molecule has 1 heterocycles. The Morgan fingerprint density at radius 2 is 2.10 bits per heavy atom. The average molecular weight is 291 g/mol. The third-order valence-electron chi connectivity index (χ3n) is 3.65. The number of likely N-dealkylation sites (tertiary alicyclic amines) is 1. The van der Waals surface area contributed by atoms with Crippen LogP contribution in [0.1, 0.15) is 18.4 Å². The van der Waals surface area contributed by atoms with E-state index in [0.29, 0.717) is 24.3 Å². The lowest BCUT2D eigenvalue weighted by molar-refractivity contribution is -0.187. The zero-order chi connectivity index (χ0) is 14.8. The molecule has 1 aliphatic heterocycles. The van der Waals surface area contributed by atoms with Crippen molar-refractivity contribution < 1.29 is 22.3 Å². The predicted molar refractivity (Wildman–Crippen MR) is 67.0 cm³/mol. The Labute approximate surface area is 115 Å². The van der Waals surface area contributed by atoms with Crippen molar-refractivity contribution in [3.05, 3.63) is 29.6 Å². The van der Waals surface area contributed by atoms with Gasteiger partial charge in [0.2, 0.25) is 0 Å². The van der Waals surface area contributed by atoms with Crippen LogP contribution < -0.4 is 4.74 Å². The Balaban J connectivity index is 2.10. The fourth-order valence-corrected chi connectivity index (χ4v) is 2.57. The number of hydrogen-bond donors (Lipinski definition) is 0. The second-order valence-electron chi connectivity index (χ2n) is 5.04. The Morgan fingerprint density at radius 1 is 1.35 bits per heavy atom. The molecule has 0 aliphatic carbocycles.